The molecule has 1 saturated heterocycles. The van der Waals surface area contributed by atoms with Crippen LogP contribution in [0.2, 0.25) is 0 Å². The van der Waals surface area contributed by atoms with E-state index in [9.17, 15) is 5.11 Å². The van der Waals surface area contributed by atoms with Gasteiger partial charge in [0.15, 0.2) is 5.96 Å². The number of guanidine groups is 1. The molecule has 1 atom stereocenters. The number of aryl methyl sites for hydroxylation is 1. The first-order valence-electron chi connectivity index (χ1n) is 9.59. The zero-order chi connectivity index (χ0) is 18.8. The number of nitrogens with zero attached hydrogens (tertiary/aromatic N) is 2. The van der Waals surface area contributed by atoms with Gasteiger partial charge in [0.1, 0.15) is 0 Å². The van der Waals surface area contributed by atoms with Crippen molar-refractivity contribution >= 4 is 29.9 Å². The minimum absolute atomic E-state index is 0. The van der Waals surface area contributed by atoms with E-state index in [4.69, 9.17) is 4.74 Å². The molecule has 0 saturated carbocycles. The second kappa shape index (κ2) is 12.5. The van der Waals surface area contributed by atoms with E-state index >= 15 is 0 Å². The summed E-state index contributed by atoms with van der Waals surface area (Å²) in [6.07, 6.45) is 0.939. The number of benzene rings is 1. The standard InChI is InChI=1S/C20H34N4O2.HI/c1-4-21-19(22-10-9-18-7-5-17(2)6-8-18)23-15-20(3,25)16-24-11-13-26-14-12-24;/h5-8,25H,4,9-16H2,1-3H3,(H2,21,22,23);1H. The van der Waals surface area contributed by atoms with Gasteiger partial charge in [0.2, 0.25) is 0 Å². The summed E-state index contributed by atoms with van der Waals surface area (Å²) in [5.74, 6) is 0.752. The average molecular weight is 490 g/mol. The van der Waals surface area contributed by atoms with E-state index in [1.165, 1.54) is 11.1 Å². The Morgan fingerprint density at radius 1 is 1.22 bits per heavy atom. The van der Waals surface area contributed by atoms with Gasteiger partial charge >= 0.3 is 0 Å². The summed E-state index contributed by atoms with van der Waals surface area (Å²) >= 11 is 0. The maximum absolute atomic E-state index is 10.7. The topological polar surface area (TPSA) is 69.1 Å². The number of nitrogens with one attached hydrogen (secondary N) is 2. The summed E-state index contributed by atoms with van der Waals surface area (Å²) in [5.41, 5.74) is 1.73. The number of rotatable bonds is 8. The fraction of sp³-hybridized carbons (Fsp3) is 0.650. The highest BCUT2D eigenvalue weighted by Crippen LogP contribution is 2.09. The van der Waals surface area contributed by atoms with E-state index in [2.05, 4.69) is 51.7 Å². The Balaban J connectivity index is 0.00000364. The molecule has 1 aromatic carbocycles. The van der Waals surface area contributed by atoms with Gasteiger partial charge in [-0.3, -0.25) is 9.89 Å². The summed E-state index contributed by atoms with van der Waals surface area (Å²) in [7, 11) is 0. The zero-order valence-corrected chi connectivity index (χ0v) is 19.2. The van der Waals surface area contributed by atoms with Gasteiger partial charge in [-0.15, -0.1) is 24.0 Å². The molecule has 1 fully saturated rings. The quantitative estimate of drug-likeness (QED) is 0.295. The van der Waals surface area contributed by atoms with Crippen molar-refractivity contribution in [2.75, 3.05) is 52.5 Å². The molecule has 1 aliphatic heterocycles. The van der Waals surface area contributed by atoms with Gasteiger partial charge in [-0.05, 0) is 32.8 Å². The van der Waals surface area contributed by atoms with Crippen LogP contribution in [0.4, 0.5) is 0 Å². The van der Waals surface area contributed by atoms with Gasteiger partial charge in [0, 0.05) is 32.7 Å². The van der Waals surface area contributed by atoms with Gasteiger partial charge in [0.25, 0.3) is 0 Å². The molecule has 154 valence electrons. The lowest BCUT2D eigenvalue weighted by molar-refractivity contribution is -0.0179. The number of hydrogen-bond donors (Lipinski definition) is 3. The molecular weight excluding hydrogens is 455 g/mol. The largest absolute Gasteiger partial charge is 0.387 e. The first-order valence-corrected chi connectivity index (χ1v) is 9.59. The maximum Gasteiger partial charge on any atom is 0.191 e. The van der Waals surface area contributed by atoms with Gasteiger partial charge in [0.05, 0.1) is 25.4 Å². The van der Waals surface area contributed by atoms with E-state index < -0.39 is 5.60 Å². The van der Waals surface area contributed by atoms with Crippen molar-refractivity contribution in [2.45, 2.75) is 32.8 Å². The summed E-state index contributed by atoms with van der Waals surface area (Å²) in [6, 6.07) is 8.59. The predicted molar refractivity (Wildman–Crippen MR) is 122 cm³/mol. The summed E-state index contributed by atoms with van der Waals surface area (Å²) in [6.45, 7) is 11.8. The number of hydrogen-bond acceptors (Lipinski definition) is 4. The second-order valence-electron chi connectivity index (χ2n) is 7.24. The molecule has 0 bridgehead atoms. The van der Waals surface area contributed by atoms with Crippen LogP contribution in [0, 0.1) is 6.92 Å². The third-order valence-corrected chi connectivity index (χ3v) is 4.42. The van der Waals surface area contributed by atoms with Crippen LogP contribution in [-0.2, 0) is 11.2 Å². The first-order chi connectivity index (χ1) is 12.5. The molecule has 1 aliphatic rings. The average Bonchev–Trinajstić information content (AvgIpc) is 2.62. The van der Waals surface area contributed by atoms with Gasteiger partial charge in [-0.25, -0.2) is 0 Å². The van der Waals surface area contributed by atoms with Gasteiger partial charge in [-0.1, -0.05) is 29.8 Å². The maximum atomic E-state index is 10.7. The van der Waals surface area contributed by atoms with Crippen LogP contribution in [0.3, 0.4) is 0 Å². The van der Waals surface area contributed by atoms with Crippen LogP contribution in [0.5, 0.6) is 0 Å². The summed E-state index contributed by atoms with van der Waals surface area (Å²) in [5, 5.41) is 17.3. The number of β-amino-alcohol motifs (C(OH)–C–C–N with tert-alkyl or cyclic N) is 1. The highest BCUT2D eigenvalue weighted by Gasteiger charge is 2.25. The van der Waals surface area contributed by atoms with Crippen molar-refractivity contribution in [2.24, 2.45) is 4.99 Å². The summed E-state index contributed by atoms with van der Waals surface area (Å²) in [4.78, 5) is 6.82. The molecule has 1 aromatic rings. The van der Waals surface area contributed by atoms with Crippen molar-refractivity contribution in [1.82, 2.24) is 15.5 Å². The SMILES string of the molecule is CCNC(=NCC(C)(O)CN1CCOCC1)NCCc1ccc(C)cc1.I. The van der Waals surface area contributed by atoms with Gasteiger partial charge in [-0.2, -0.15) is 0 Å². The lowest BCUT2D eigenvalue weighted by Gasteiger charge is -2.33. The number of halogens is 1. The van der Waals surface area contributed by atoms with Crippen LogP contribution in [0.1, 0.15) is 25.0 Å². The van der Waals surface area contributed by atoms with E-state index in [0.717, 1.165) is 51.8 Å². The third kappa shape index (κ3) is 9.73. The predicted octanol–water partition coefficient (Wildman–Crippen LogP) is 1.79. The normalized spacial score (nSPS) is 17.7. The fourth-order valence-electron chi connectivity index (χ4n) is 2.96. The van der Waals surface area contributed by atoms with E-state index in [1.54, 1.807) is 0 Å². The van der Waals surface area contributed by atoms with Crippen molar-refractivity contribution in [1.29, 1.82) is 0 Å². The number of morpholine rings is 1. The van der Waals surface area contributed by atoms with Crippen molar-refractivity contribution in [3.05, 3.63) is 35.4 Å². The fourth-order valence-corrected chi connectivity index (χ4v) is 2.96. The Labute approximate surface area is 180 Å². The van der Waals surface area contributed by atoms with Crippen molar-refractivity contribution < 1.29 is 9.84 Å². The lowest BCUT2D eigenvalue weighted by Crippen LogP contribution is -2.48. The Bertz CT molecular complexity index is 558. The molecule has 6 nitrogen and oxygen atoms in total. The minimum atomic E-state index is -0.851. The van der Waals surface area contributed by atoms with Crippen LogP contribution in [-0.4, -0.2) is 74.0 Å². The minimum Gasteiger partial charge on any atom is -0.387 e. The molecule has 1 heterocycles. The molecule has 1 unspecified atom stereocenters. The molecule has 0 spiro atoms. The van der Waals surface area contributed by atoms with Crippen LogP contribution in [0.15, 0.2) is 29.3 Å². The van der Waals surface area contributed by atoms with Crippen molar-refractivity contribution in [3.63, 3.8) is 0 Å². The molecule has 2 rings (SSSR count). The molecular formula is C20H35IN4O2. The first kappa shape index (κ1) is 24.1. The number of ether oxygens (including phenoxy) is 1. The van der Waals surface area contributed by atoms with Crippen LogP contribution in [0.25, 0.3) is 0 Å². The van der Waals surface area contributed by atoms with Gasteiger partial charge < -0.3 is 20.5 Å². The molecule has 0 amide bonds. The van der Waals surface area contributed by atoms with E-state index in [1.807, 2.05) is 13.8 Å². The Morgan fingerprint density at radius 2 is 1.89 bits per heavy atom. The third-order valence-electron chi connectivity index (χ3n) is 4.42. The Hall–Kier alpha value is -0.900. The molecule has 0 radical (unpaired) electrons. The molecule has 7 heteroatoms. The van der Waals surface area contributed by atoms with Crippen molar-refractivity contribution in [3.8, 4) is 0 Å². The Morgan fingerprint density at radius 3 is 2.52 bits per heavy atom. The molecule has 3 N–H and O–H groups in total. The summed E-state index contributed by atoms with van der Waals surface area (Å²) < 4.78 is 5.36. The van der Waals surface area contributed by atoms with E-state index in [-0.39, 0.29) is 24.0 Å². The smallest absolute Gasteiger partial charge is 0.191 e. The molecule has 0 aliphatic carbocycles. The monoisotopic (exact) mass is 490 g/mol. The lowest BCUT2D eigenvalue weighted by atomic mass is 10.1. The van der Waals surface area contributed by atoms with Crippen LogP contribution < -0.4 is 10.6 Å². The molecule has 27 heavy (non-hydrogen) atoms. The molecule has 0 aromatic heterocycles. The zero-order valence-electron chi connectivity index (χ0n) is 16.8. The van der Waals surface area contributed by atoms with Crippen LogP contribution >= 0.6 is 24.0 Å². The second-order valence-corrected chi connectivity index (χ2v) is 7.24. The van der Waals surface area contributed by atoms with E-state index in [0.29, 0.717) is 13.1 Å². The highest BCUT2D eigenvalue weighted by molar-refractivity contribution is 14.0. The highest BCUT2D eigenvalue weighted by atomic mass is 127. The Kier molecular flexibility index (Phi) is 11.2. The number of aliphatic imine (C=N–C) groups is 1. The number of aliphatic hydroxyl groups is 1.